The molecule has 1 aliphatic heterocycles. The molecule has 0 spiro atoms. The number of carbonyl (C=O) groups is 1. The number of hydrogen-bond acceptors (Lipinski definition) is 3. The van der Waals surface area contributed by atoms with Gasteiger partial charge in [-0.25, -0.2) is 4.79 Å². The molecule has 0 aromatic carbocycles. The average molecular weight is 250 g/mol. The number of rotatable bonds is 3. The third-order valence-electron chi connectivity index (χ3n) is 3.58. The Bertz CT molecular complexity index is 402. The van der Waals surface area contributed by atoms with Crippen LogP contribution in [0.2, 0.25) is 0 Å². The standard InChI is InChI=1S/C12H18N4O2/c17-12(13-7-10-3-4-14-15-10)16-5-6-18-8-11(16)9-1-2-9/h3-4,9,11H,1-2,5-8H2,(H,13,17)(H,14,15)/t11-/m1/s1. The lowest BCUT2D eigenvalue weighted by atomic mass is 10.1. The lowest BCUT2D eigenvalue weighted by molar-refractivity contribution is 0.00462. The van der Waals surface area contributed by atoms with Crippen LogP contribution >= 0.6 is 0 Å². The molecule has 0 bridgehead atoms. The number of amides is 2. The van der Waals surface area contributed by atoms with Crippen LogP contribution in [-0.4, -0.2) is 46.9 Å². The molecule has 3 rings (SSSR count). The number of aromatic nitrogens is 2. The van der Waals surface area contributed by atoms with E-state index in [0.717, 1.165) is 5.69 Å². The first-order valence-electron chi connectivity index (χ1n) is 6.45. The molecule has 6 heteroatoms. The molecule has 2 N–H and O–H groups in total. The highest BCUT2D eigenvalue weighted by molar-refractivity contribution is 5.74. The Morgan fingerprint density at radius 1 is 1.61 bits per heavy atom. The predicted molar refractivity (Wildman–Crippen MR) is 64.9 cm³/mol. The van der Waals surface area contributed by atoms with E-state index in [0.29, 0.717) is 32.2 Å². The van der Waals surface area contributed by atoms with Gasteiger partial charge in [-0.3, -0.25) is 5.10 Å². The van der Waals surface area contributed by atoms with E-state index in [1.165, 1.54) is 12.8 Å². The van der Waals surface area contributed by atoms with Crippen molar-refractivity contribution < 1.29 is 9.53 Å². The number of nitrogens with zero attached hydrogens (tertiary/aromatic N) is 2. The van der Waals surface area contributed by atoms with Crippen molar-refractivity contribution >= 4 is 6.03 Å². The summed E-state index contributed by atoms with van der Waals surface area (Å²) in [6.07, 6.45) is 4.12. The van der Waals surface area contributed by atoms with Crippen LogP contribution in [0, 0.1) is 5.92 Å². The van der Waals surface area contributed by atoms with Gasteiger partial charge in [-0.15, -0.1) is 0 Å². The van der Waals surface area contributed by atoms with Crippen LogP contribution in [0.25, 0.3) is 0 Å². The maximum absolute atomic E-state index is 12.2. The highest BCUT2D eigenvalue weighted by Crippen LogP contribution is 2.36. The molecule has 2 aliphatic rings. The summed E-state index contributed by atoms with van der Waals surface area (Å²) in [5.74, 6) is 0.642. The Morgan fingerprint density at radius 3 is 3.22 bits per heavy atom. The van der Waals surface area contributed by atoms with Gasteiger partial charge < -0.3 is 15.0 Å². The second kappa shape index (κ2) is 4.97. The summed E-state index contributed by atoms with van der Waals surface area (Å²) in [4.78, 5) is 14.1. The first-order valence-corrected chi connectivity index (χ1v) is 6.45. The van der Waals surface area contributed by atoms with E-state index >= 15 is 0 Å². The van der Waals surface area contributed by atoms with Crippen molar-refractivity contribution in [2.24, 2.45) is 5.92 Å². The number of aromatic amines is 1. The largest absolute Gasteiger partial charge is 0.377 e. The zero-order valence-corrected chi connectivity index (χ0v) is 10.3. The molecule has 1 aromatic rings. The fourth-order valence-corrected chi connectivity index (χ4v) is 2.40. The highest BCUT2D eigenvalue weighted by Gasteiger charge is 2.39. The van der Waals surface area contributed by atoms with E-state index in [1.54, 1.807) is 6.20 Å². The molecule has 2 amide bonds. The molecule has 2 heterocycles. The smallest absolute Gasteiger partial charge is 0.318 e. The summed E-state index contributed by atoms with van der Waals surface area (Å²) < 4.78 is 5.48. The summed E-state index contributed by atoms with van der Waals surface area (Å²) in [6.45, 7) is 2.51. The van der Waals surface area contributed by atoms with Gasteiger partial charge in [0, 0.05) is 12.7 Å². The Labute approximate surface area is 106 Å². The maximum Gasteiger partial charge on any atom is 0.318 e. The minimum Gasteiger partial charge on any atom is -0.377 e. The SMILES string of the molecule is O=C(NCc1ccn[nH]1)N1CCOC[C@@H]1C1CC1. The quantitative estimate of drug-likeness (QED) is 0.831. The number of ether oxygens (including phenoxy) is 1. The molecule has 0 radical (unpaired) electrons. The van der Waals surface area contributed by atoms with Gasteiger partial charge in [0.25, 0.3) is 0 Å². The minimum atomic E-state index is 0.00444. The molecule has 1 atom stereocenters. The molecule has 0 unspecified atom stereocenters. The minimum absolute atomic E-state index is 0.00444. The van der Waals surface area contributed by atoms with Crippen molar-refractivity contribution in [3.8, 4) is 0 Å². The van der Waals surface area contributed by atoms with Gasteiger partial charge >= 0.3 is 6.03 Å². The van der Waals surface area contributed by atoms with Gasteiger partial charge in [-0.05, 0) is 24.8 Å². The third kappa shape index (κ3) is 2.48. The van der Waals surface area contributed by atoms with Gasteiger partial charge in [0.05, 0.1) is 31.5 Å². The van der Waals surface area contributed by atoms with Crippen LogP contribution in [-0.2, 0) is 11.3 Å². The predicted octanol–water partition coefficient (Wildman–Crippen LogP) is 0.730. The summed E-state index contributed by atoms with van der Waals surface area (Å²) in [6, 6.07) is 2.13. The fourth-order valence-electron chi connectivity index (χ4n) is 2.40. The number of nitrogens with one attached hydrogen (secondary N) is 2. The Kier molecular flexibility index (Phi) is 3.19. The molecule has 1 aliphatic carbocycles. The van der Waals surface area contributed by atoms with Crippen molar-refractivity contribution in [2.45, 2.75) is 25.4 Å². The third-order valence-corrected chi connectivity index (χ3v) is 3.58. The van der Waals surface area contributed by atoms with Gasteiger partial charge in [0.2, 0.25) is 0 Å². The second-order valence-corrected chi connectivity index (χ2v) is 4.91. The van der Waals surface area contributed by atoms with Crippen LogP contribution in [0.4, 0.5) is 4.79 Å². The molecule has 1 saturated heterocycles. The van der Waals surface area contributed by atoms with Gasteiger partial charge in [-0.1, -0.05) is 0 Å². The average Bonchev–Trinajstić information content (AvgIpc) is 3.13. The molecule has 6 nitrogen and oxygen atoms in total. The van der Waals surface area contributed by atoms with Crippen molar-refractivity contribution in [1.82, 2.24) is 20.4 Å². The Morgan fingerprint density at radius 2 is 2.50 bits per heavy atom. The Balaban J connectivity index is 1.56. The lowest BCUT2D eigenvalue weighted by Crippen LogP contribution is -2.53. The molecular weight excluding hydrogens is 232 g/mol. The highest BCUT2D eigenvalue weighted by atomic mass is 16.5. The normalized spacial score (nSPS) is 24.0. The lowest BCUT2D eigenvalue weighted by Gasteiger charge is -2.35. The molecule has 1 saturated carbocycles. The van der Waals surface area contributed by atoms with E-state index in [9.17, 15) is 4.79 Å². The molecular formula is C12H18N4O2. The second-order valence-electron chi connectivity index (χ2n) is 4.91. The number of hydrogen-bond donors (Lipinski definition) is 2. The number of urea groups is 1. The summed E-state index contributed by atoms with van der Waals surface area (Å²) in [5, 5.41) is 9.62. The molecule has 1 aromatic heterocycles. The van der Waals surface area contributed by atoms with E-state index in [-0.39, 0.29) is 12.1 Å². The maximum atomic E-state index is 12.2. The van der Waals surface area contributed by atoms with Crippen LogP contribution in [0.3, 0.4) is 0 Å². The van der Waals surface area contributed by atoms with Crippen molar-refractivity contribution in [2.75, 3.05) is 19.8 Å². The molecule has 2 fully saturated rings. The van der Waals surface area contributed by atoms with Crippen molar-refractivity contribution in [3.63, 3.8) is 0 Å². The Hall–Kier alpha value is -1.56. The van der Waals surface area contributed by atoms with Gasteiger partial charge in [0.1, 0.15) is 0 Å². The van der Waals surface area contributed by atoms with Crippen molar-refractivity contribution in [1.29, 1.82) is 0 Å². The monoisotopic (exact) mass is 250 g/mol. The molecule has 98 valence electrons. The number of H-pyrrole nitrogens is 1. The van der Waals surface area contributed by atoms with E-state index in [1.807, 2.05) is 11.0 Å². The fraction of sp³-hybridized carbons (Fsp3) is 0.667. The number of carbonyl (C=O) groups excluding carboxylic acids is 1. The summed E-state index contributed by atoms with van der Waals surface area (Å²) in [7, 11) is 0. The van der Waals surface area contributed by atoms with E-state index in [4.69, 9.17) is 4.74 Å². The van der Waals surface area contributed by atoms with Gasteiger partial charge in [-0.2, -0.15) is 5.10 Å². The van der Waals surface area contributed by atoms with Crippen molar-refractivity contribution in [3.05, 3.63) is 18.0 Å². The first kappa shape index (κ1) is 11.5. The number of morpholine rings is 1. The van der Waals surface area contributed by atoms with E-state index < -0.39 is 0 Å². The van der Waals surface area contributed by atoms with Crippen LogP contribution in [0.15, 0.2) is 12.3 Å². The first-order chi connectivity index (χ1) is 8.84. The van der Waals surface area contributed by atoms with Crippen LogP contribution in [0.5, 0.6) is 0 Å². The van der Waals surface area contributed by atoms with Crippen LogP contribution in [0.1, 0.15) is 18.5 Å². The van der Waals surface area contributed by atoms with Gasteiger partial charge in [0.15, 0.2) is 0 Å². The van der Waals surface area contributed by atoms with E-state index in [2.05, 4.69) is 15.5 Å². The topological polar surface area (TPSA) is 70.2 Å². The zero-order chi connectivity index (χ0) is 12.4. The molecule has 18 heavy (non-hydrogen) atoms. The summed E-state index contributed by atoms with van der Waals surface area (Å²) >= 11 is 0. The summed E-state index contributed by atoms with van der Waals surface area (Å²) in [5.41, 5.74) is 0.916. The zero-order valence-electron chi connectivity index (χ0n) is 10.3. The van der Waals surface area contributed by atoms with Crippen LogP contribution < -0.4 is 5.32 Å².